The maximum Gasteiger partial charge on any atom is 0.404 e. The lowest BCUT2D eigenvalue weighted by Crippen LogP contribution is -2.18. The predicted octanol–water partition coefficient (Wildman–Crippen LogP) is 5.91. The van der Waals surface area contributed by atoms with Gasteiger partial charge in [-0.2, -0.15) is 8.78 Å². The van der Waals surface area contributed by atoms with Crippen molar-refractivity contribution in [3.8, 4) is 0 Å². The third-order valence-corrected chi connectivity index (χ3v) is 5.71. The number of aliphatic carboxylic acids is 1. The first-order valence-corrected chi connectivity index (χ1v) is 10.2. The maximum atomic E-state index is 14.8. The Balaban J connectivity index is 3.29. The average molecular weight is 404 g/mol. The highest BCUT2D eigenvalue weighted by Crippen LogP contribution is 2.66. The Morgan fingerprint density at radius 2 is 1.59 bits per heavy atom. The van der Waals surface area contributed by atoms with Crippen LogP contribution in [0.4, 0.5) is 8.78 Å². The number of benzene rings is 1. The molecule has 0 saturated heterocycles. The molecule has 0 amide bonds. The zero-order chi connectivity index (χ0) is 20.9. The number of carboxylic acid groups (broad SMARTS) is 1. The van der Waals surface area contributed by atoms with E-state index in [0.29, 0.717) is 17.6 Å². The number of carboxylic acids is 1. The minimum Gasteiger partial charge on any atom is -0.478 e. The second kappa shape index (κ2) is 9.09. The first-order chi connectivity index (χ1) is 12.4. The van der Waals surface area contributed by atoms with E-state index in [4.69, 9.17) is 14.2 Å². The monoisotopic (exact) mass is 404 g/mol. The summed E-state index contributed by atoms with van der Waals surface area (Å²) in [4.78, 5) is 11.1. The molecule has 152 valence electrons. The molecule has 27 heavy (non-hydrogen) atoms. The number of rotatable bonds is 9. The Kier molecular flexibility index (Phi) is 7.90. The quantitative estimate of drug-likeness (QED) is 0.409. The van der Waals surface area contributed by atoms with Gasteiger partial charge >= 0.3 is 19.2 Å². The second-order valence-electron chi connectivity index (χ2n) is 7.20. The molecular weight excluding hydrogens is 377 g/mol. The van der Waals surface area contributed by atoms with Crippen LogP contribution in [-0.4, -0.2) is 24.3 Å². The van der Waals surface area contributed by atoms with Gasteiger partial charge < -0.3 is 14.2 Å². The van der Waals surface area contributed by atoms with E-state index in [0.717, 1.165) is 18.2 Å². The minimum atomic E-state index is -4.68. The standard InChI is InChI=1S/C19H27F2O5P/c1-6-25-27(24,26-7-2)19(20,21)16-10-8-14(9-11-16)15(12-17(22)23)13-18(3,4)5/h8-12H,6-7,13H2,1-5H3,(H,22,23)/b15-12-. The Hall–Kier alpha value is -1.56. The van der Waals surface area contributed by atoms with Crippen LogP contribution in [0.25, 0.3) is 5.57 Å². The van der Waals surface area contributed by atoms with Crippen LogP contribution < -0.4 is 0 Å². The van der Waals surface area contributed by atoms with E-state index in [9.17, 15) is 18.1 Å². The van der Waals surface area contributed by atoms with E-state index in [-0.39, 0.29) is 18.6 Å². The van der Waals surface area contributed by atoms with Crippen molar-refractivity contribution in [2.45, 2.75) is 46.7 Å². The van der Waals surface area contributed by atoms with Gasteiger partial charge in [0.1, 0.15) is 0 Å². The molecular formula is C19H27F2O5P. The van der Waals surface area contributed by atoms with E-state index in [1.165, 1.54) is 26.0 Å². The van der Waals surface area contributed by atoms with Crippen LogP contribution in [0.5, 0.6) is 0 Å². The molecule has 0 heterocycles. The highest BCUT2D eigenvalue weighted by atomic mass is 31.2. The second-order valence-corrected chi connectivity index (χ2v) is 9.27. The summed E-state index contributed by atoms with van der Waals surface area (Å²) < 4.78 is 51.6. The summed E-state index contributed by atoms with van der Waals surface area (Å²) in [5, 5.41) is 9.08. The summed E-state index contributed by atoms with van der Waals surface area (Å²) in [6.07, 6.45) is 1.52. The molecule has 0 fully saturated rings. The van der Waals surface area contributed by atoms with Gasteiger partial charge in [-0.1, -0.05) is 45.0 Å². The van der Waals surface area contributed by atoms with Gasteiger partial charge in [0.2, 0.25) is 0 Å². The van der Waals surface area contributed by atoms with E-state index >= 15 is 0 Å². The number of hydrogen-bond acceptors (Lipinski definition) is 4. The van der Waals surface area contributed by atoms with E-state index in [1.54, 1.807) is 0 Å². The van der Waals surface area contributed by atoms with Gasteiger partial charge in [-0.3, -0.25) is 4.57 Å². The van der Waals surface area contributed by atoms with Gasteiger partial charge in [0.25, 0.3) is 0 Å². The van der Waals surface area contributed by atoms with Crippen molar-refractivity contribution in [2.75, 3.05) is 13.2 Å². The third-order valence-electron chi connectivity index (χ3n) is 3.56. The molecule has 1 aromatic carbocycles. The molecule has 0 aliphatic rings. The van der Waals surface area contributed by atoms with Crippen molar-refractivity contribution < 1.29 is 32.3 Å². The molecule has 0 saturated carbocycles. The summed E-state index contributed by atoms with van der Waals surface area (Å²) in [6.45, 7) is 8.41. The van der Waals surface area contributed by atoms with Gasteiger partial charge in [-0.25, -0.2) is 4.79 Å². The Morgan fingerprint density at radius 1 is 1.11 bits per heavy atom. The molecule has 0 atom stereocenters. The molecule has 0 aliphatic carbocycles. The molecule has 0 radical (unpaired) electrons. The normalized spacial score (nSPS) is 13.7. The van der Waals surface area contributed by atoms with Crippen LogP contribution in [0, 0.1) is 5.41 Å². The lowest BCUT2D eigenvalue weighted by molar-refractivity contribution is -0.131. The minimum absolute atomic E-state index is 0.179. The number of alkyl halides is 2. The fourth-order valence-electron chi connectivity index (χ4n) is 2.54. The van der Waals surface area contributed by atoms with Crippen LogP contribution in [0.15, 0.2) is 30.3 Å². The molecule has 8 heteroatoms. The highest BCUT2D eigenvalue weighted by Gasteiger charge is 2.54. The number of allylic oxidation sites excluding steroid dienone is 1. The zero-order valence-electron chi connectivity index (χ0n) is 16.3. The molecule has 1 N–H and O–H groups in total. The van der Waals surface area contributed by atoms with Gasteiger partial charge in [0.15, 0.2) is 0 Å². The lowest BCUT2D eigenvalue weighted by atomic mass is 9.85. The van der Waals surface area contributed by atoms with Crippen LogP contribution in [0.1, 0.15) is 52.2 Å². The van der Waals surface area contributed by atoms with Crippen LogP contribution >= 0.6 is 7.60 Å². The van der Waals surface area contributed by atoms with Crippen LogP contribution in [0.2, 0.25) is 0 Å². The lowest BCUT2D eigenvalue weighted by Gasteiger charge is -2.26. The highest BCUT2D eigenvalue weighted by molar-refractivity contribution is 7.54. The third kappa shape index (κ3) is 6.23. The molecule has 1 aromatic rings. The molecule has 1 rings (SSSR count). The van der Waals surface area contributed by atoms with Crippen molar-refractivity contribution in [3.05, 3.63) is 41.5 Å². The molecule has 0 bridgehead atoms. The molecule has 0 spiro atoms. The summed E-state index contributed by atoms with van der Waals surface area (Å²) in [6, 6.07) is 5.04. The van der Waals surface area contributed by atoms with Gasteiger partial charge in [0, 0.05) is 11.6 Å². The average Bonchev–Trinajstić information content (AvgIpc) is 2.53. The maximum absolute atomic E-state index is 14.8. The fourth-order valence-corrected chi connectivity index (χ4v) is 4.08. The number of carbonyl (C=O) groups is 1. The first kappa shape index (κ1) is 23.5. The predicted molar refractivity (Wildman–Crippen MR) is 101 cm³/mol. The van der Waals surface area contributed by atoms with Crippen LogP contribution in [-0.2, 0) is 24.1 Å². The zero-order valence-corrected chi connectivity index (χ0v) is 17.2. The van der Waals surface area contributed by atoms with Gasteiger partial charge in [-0.05, 0) is 36.8 Å². The number of halogens is 2. The SMILES string of the molecule is CCOP(=O)(OCC)C(F)(F)c1ccc(/C(=C\C(=O)O)CC(C)(C)C)cc1. The summed E-state index contributed by atoms with van der Waals surface area (Å²) in [7, 11) is -4.68. The smallest absolute Gasteiger partial charge is 0.404 e. The Bertz CT molecular complexity index is 711. The summed E-state index contributed by atoms with van der Waals surface area (Å²) in [5.41, 5.74) is -3.50. The van der Waals surface area contributed by atoms with Crippen molar-refractivity contribution in [2.24, 2.45) is 5.41 Å². The van der Waals surface area contributed by atoms with Crippen molar-refractivity contribution in [3.63, 3.8) is 0 Å². The molecule has 5 nitrogen and oxygen atoms in total. The molecule has 0 unspecified atom stereocenters. The summed E-state index contributed by atoms with van der Waals surface area (Å²) >= 11 is 0. The van der Waals surface area contributed by atoms with Crippen LogP contribution in [0.3, 0.4) is 0 Å². The topological polar surface area (TPSA) is 72.8 Å². The largest absolute Gasteiger partial charge is 0.478 e. The van der Waals surface area contributed by atoms with E-state index in [2.05, 4.69) is 0 Å². The van der Waals surface area contributed by atoms with Crippen molar-refractivity contribution >= 4 is 19.1 Å². The van der Waals surface area contributed by atoms with Gasteiger partial charge in [-0.15, -0.1) is 0 Å². The van der Waals surface area contributed by atoms with E-state index < -0.39 is 24.8 Å². The first-order valence-electron chi connectivity index (χ1n) is 8.67. The summed E-state index contributed by atoms with van der Waals surface area (Å²) in [5.74, 6) is -1.11. The van der Waals surface area contributed by atoms with E-state index in [1.807, 2.05) is 20.8 Å². The Labute approximate surface area is 158 Å². The number of hydrogen-bond donors (Lipinski definition) is 1. The van der Waals surface area contributed by atoms with Crippen molar-refractivity contribution in [1.82, 2.24) is 0 Å². The van der Waals surface area contributed by atoms with Crippen molar-refractivity contribution in [1.29, 1.82) is 0 Å². The fraction of sp³-hybridized carbons (Fsp3) is 0.526. The molecule has 0 aromatic heterocycles. The Morgan fingerprint density at radius 3 is 1.96 bits per heavy atom. The molecule has 0 aliphatic heterocycles. The van der Waals surface area contributed by atoms with Gasteiger partial charge in [0.05, 0.1) is 13.2 Å².